The Bertz CT molecular complexity index is 988. The van der Waals surface area contributed by atoms with Crippen LogP contribution in [-0.4, -0.2) is 32.8 Å². The number of anilines is 2. The van der Waals surface area contributed by atoms with Gasteiger partial charge < -0.3 is 15.8 Å². The van der Waals surface area contributed by atoms with E-state index in [4.69, 9.17) is 10.5 Å². The number of benzene rings is 1. The second kappa shape index (κ2) is 7.40. The van der Waals surface area contributed by atoms with Crippen molar-refractivity contribution in [1.29, 1.82) is 0 Å². The Labute approximate surface area is 155 Å². The van der Waals surface area contributed by atoms with Gasteiger partial charge in [0.1, 0.15) is 6.04 Å². The highest BCUT2D eigenvalue weighted by atomic mass is 19.1. The van der Waals surface area contributed by atoms with Crippen LogP contribution in [0.1, 0.15) is 18.5 Å². The highest BCUT2D eigenvalue weighted by Gasteiger charge is 2.14. The number of halogens is 1. The lowest BCUT2D eigenvalue weighted by molar-refractivity contribution is -0.120. The first-order chi connectivity index (χ1) is 12.9. The third-order valence-electron chi connectivity index (χ3n) is 4.06. The van der Waals surface area contributed by atoms with Gasteiger partial charge in [0, 0.05) is 18.0 Å². The largest absolute Gasteiger partial charge is 0.494 e. The highest BCUT2D eigenvalue weighted by Crippen LogP contribution is 2.27. The average Bonchev–Trinajstić information content (AvgIpc) is 3.11. The maximum absolute atomic E-state index is 14.0. The Balaban J connectivity index is 1.88. The molecule has 0 bridgehead atoms. The van der Waals surface area contributed by atoms with Crippen molar-refractivity contribution in [1.82, 2.24) is 19.7 Å². The lowest BCUT2D eigenvalue weighted by Gasteiger charge is -2.10. The molecule has 0 fully saturated rings. The fraction of sp³-hybridized carbons (Fsp3) is 0.222. The van der Waals surface area contributed by atoms with Crippen LogP contribution < -0.4 is 15.8 Å². The number of hydrogen-bond donors (Lipinski definition) is 2. The van der Waals surface area contributed by atoms with Gasteiger partial charge in [-0.1, -0.05) is 0 Å². The van der Waals surface area contributed by atoms with E-state index in [1.807, 2.05) is 6.92 Å². The fourth-order valence-electron chi connectivity index (χ4n) is 2.48. The van der Waals surface area contributed by atoms with Gasteiger partial charge in [0.2, 0.25) is 11.9 Å². The predicted octanol–water partition coefficient (Wildman–Crippen LogP) is 2.59. The summed E-state index contributed by atoms with van der Waals surface area (Å²) in [5, 5.41) is 7.11. The first kappa shape index (κ1) is 18.3. The summed E-state index contributed by atoms with van der Waals surface area (Å²) in [5.74, 6) is -0.470. The molecule has 9 heteroatoms. The molecule has 1 atom stereocenters. The Hall–Kier alpha value is -3.49. The number of amides is 1. The Morgan fingerprint density at radius 1 is 1.37 bits per heavy atom. The van der Waals surface area contributed by atoms with E-state index in [-0.39, 0.29) is 5.75 Å². The lowest BCUT2D eigenvalue weighted by atomic mass is 10.1. The molecule has 0 saturated heterocycles. The van der Waals surface area contributed by atoms with Crippen LogP contribution in [0.4, 0.5) is 16.0 Å². The van der Waals surface area contributed by atoms with Crippen LogP contribution in [0.2, 0.25) is 0 Å². The molecule has 0 spiro atoms. The summed E-state index contributed by atoms with van der Waals surface area (Å²) in [6, 6.07) is 4.07. The third-order valence-corrected chi connectivity index (χ3v) is 4.06. The molecule has 2 heterocycles. The quantitative estimate of drug-likeness (QED) is 0.690. The van der Waals surface area contributed by atoms with Crippen molar-refractivity contribution in [2.45, 2.75) is 19.9 Å². The van der Waals surface area contributed by atoms with E-state index in [0.29, 0.717) is 22.9 Å². The number of aromatic nitrogens is 4. The van der Waals surface area contributed by atoms with Crippen LogP contribution in [0.15, 0.2) is 36.8 Å². The Kier molecular flexibility index (Phi) is 5.02. The first-order valence-corrected chi connectivity index (χ1v) is 8.17. The second-order valence-electron chi connectivity index (χ2n) is 5.99. The van der Waals surface area contributed by atoms with Crippen LogP contribution in [0.25, 0.3) is 11.3 Å². The van der Waals surface area contributed by atoms with Gasteiger partial charge in [-0.3, -0.25) is 9.48 Å². The molecule has 27 heavy (non-hydrogen) atoms. The molecular formula is C18H19FN6O2. The van der Waals surface area contributed by atoms with Crippen LogP contribution in [-0.2, 0) is 4.79 Å². The lowest BCUT2D eigenvalue weighted by Crippen LogP contribution is -2.24. The van der Waals surface area contributed by atoms with Crippen LogP contribution in [0.5, 0.6) is 5.75 Å². The molecule has 3 aromatic rings. The average molecular weight is 370 g/mol. The summed E-state index contributed by atoms with van der Waals surface area (Å²) >= 11 is 0. The zero-order chi connectivity index (χ0) is 19.6. The SMILES string of the molecule is COc1ccc(-c2nc(Nc3cnn(C(C)C(N)=O)c3)ncc2C)cc1F. The number of rotatable bonds is 6. The summed E-state index contributed by atoms with van der Waals surface area (Å²) < 4.78 is 20.4. The van der Waals surface area contributed by atoms with E-state index in [1.54, 1.807) is 31.5 Å². The van der Waals surface area contributed by atoms with Crippen molar-refractivity contribution < 1.29 is 13.9 Å². The Morgan fingerprint density at radius 2 is 2.15 bits per heavy atom. The normalized spacial score (nSPS) is 11.9. The van der Waals surface area contributed by atoms with E-state index in [0.717, 1.165) is 5.56 Å². The fourth-order valence-corrected chi connectivity index (χ4v) is 2.48. The van der Waals surface area contributed by atoms with E-state index in [2.05, 4.69) is 20.4 Å². The molecule has 0 aliphatic heterocycles. The molecule has 2 aromatic heterocycles. The number of nitrogens with one attached hydrogen (secondary N) is 1. The molecule has 140 valence electrons. The minimum Gasteiger partial charge on any atom is -0.494 e. The number of nitrogens with two attached hydrogens (primary N) is 1. The van der Waals surface area contributed by atoms with Gasteiger partial charge in [0.05, 0.1) is 24.7 Å². The van der Waals surface area contributed by atoms with E-state index in [1.165, 1.54) is 24.1 Å². The van der Waals surface area contributed by atoms with Crippen molar-refractivity contribution in [3.05, 3.63) is 48.2 Å². The minimum atomic E-state index is -0.572. The summed E-state index contributed by atoms with van der Waals surface area (Å²) in [5.41, 5.74) is 7.87. The standard InChI is InChI=1S/C18H19FN6O2/c1-10-7-21-18(23-13-8-22-25(9-13)11(2)17(20)26)24-16(10)12-4-5-15(27-3)14(19)6-12/h4-9,11H,1-3H3,(H2,20,26)(H,21,23,24). The van der Waals surface area contributed by atoms with Crippen molar-refractivity contribution in [2.24, 2.45) is 5.73 Å². The van der Waals surface area contributed by atoms with Crippen molar-refractivity contribution in [3.63, 3.8) is 0 Å². The monoisotopic (exact) mass is 370 g/mol. The molecule has 3 rings (SSSR count). The van der Waals surface area contributed by atoms with Crippen molar-refractivity contribution in [2.75, 3.05) is 12.4 Å². The molecule has 0 aliphatic carbocycles. The number of carbonyl (C=O) groups excluding carboxylic acids is 1. The maximum Gasteiger partial charge on any atom is 0.241 e. The molecule has 1 aromatic carbocycles. The first-order valence-electron chi connectivity index (χ1n) is 8.17. The number of methoxy groups -OCH3 is 1. The van der Waals surface area contributed by atoms with Gasteiger partial charge in [-0.05, 0) is 37.6 Å². The number of ether oxygens (including phenoxy) is 1. The van der Waals surface area contributed by atoms with Gasteiger partial charge in [0.15, 0.2) is 11.6 Å². The maximum atomic E-state index is 14.0. The van der Waals surface area contributed by atoms with E-state index in [9.17, 15) is 9.18 Å². The van der Waals surface area contributed by atoms with E-state index < -0.39 is 17.8 Å². The summed E-state index contributed by atoms with van der Waals surface area (Å²) in [6.45, 7) is 3.49. The van der Waals surface area contributed by atoms with Gasteiger partial charge in [-0.15, -0.1) is 0 Å². The number of nitrogens with zero attached hydrogens (tertiary/aromatic N) is 4. The van der Waals surface area contributed by atoms with Crippen molar-refractivity contribution in [3.8, 4) is 17.0 Å². The van der Waals surface area contributed by atoms with Crippen LogP contribution in [0, 0.1) is 12.7 Å². The number of hydrogen-bond acceptors (Lipinski definition) is 6. The molecule has 0 saturated carbocycles. The number of carbonyl (C=O) groups is 1. The zero-order valence-electron chi connectivity index (χ0n) is 15.1. The van der Waals surface area contributed by atoms with E-state index >= 15 is 0 Å². The van der Waals surface area contributed by atoms with Crippen LogP contribution >= 0.6 is 0 Å². The molecule has 1 amide bonds. The number of aryl methyl sites for hydroxylation is 1. The second-order valence-corrected chi connectivity index (χ2v) is 5.99. The Morgan fingerprint density at radius 3 is 2.81 bits per heavy atom. The third kappa shape index (κ3) is 3.86. The summed E-state index contributed by atoms with van der Waals surface area (Å²) in [7, 11) is 1.41. The molecule has 8 nitrogen and oxygen atoms in total. The summed E-state index contributed by atoms with van der Waals surface area (Å²) in [4.78, 5) is 20.0. The van der Waals surface area contributed by atoms with Gasteiger partial charge >= 0.3 is 0 Å². The van der Waals surface area contributed by atoms with Crippen LogP contribution in [0.3, 0.4) is 0 Å². The molecule has 0 radical (unpaired) electrons. The van der Waals surface area contributed by atoms with Crippen molar-refractivity contribution >= 4 is 17.5 Å². The zero-order valence-corrected chi connectivity index (χ0v) is 15.1. The smallest absolute Gasteiger partial charge is 0.241 e. The molecule has 3 N–H and O–H groups in total. The van der Waals surface area contributed by atoms with Gasteiger partial charge in [-0.2, -0.15) is 5.10 Å². The molecule has 0 aliphatic rings. The molecular weight excluding hydrogens is 351 g/mol. The predicted molar refractivity (Wildman–Crippen MR) is 98.1 cm³/mol. The van der Waals surface area contributed by atoms with Gasteiger partial charge in [-0.25, -0.2) is 14.4 Å². The minimum absolute atomic E-state index is 0.166. The summed E-state index contributed by atoms with van der Waals surface area (Å²) in [6.07, 6.45) is 4.81. The number of primary amides is 1. The molecule has 1 unspecified atom stereocenters. The highest BCUT2D eigenvalue weighted by molar-refractivity contribution is 5.77. The van der Waals surface area contributed by atoms with Gasteiger partial charge in [0.25, 0.3) is 0 Å². The topological polar surface area (TPSA) is 108 Å².